The second-order valence-electron chi connectivity index (χ2n) is 6.27. The highest BCUT2D eigenvalue weighted by Crippen LogP contribution is 2.33. The predicted molar refractivity (Wildman–Crippen MR) is 83.1 cm³/mol. The van der Waals surface area contributed by atoms with Crippen LogP contribution in [0.2, 0.25) is 0 Å². The zero-order valence-electron chi connectivity index (χ0n) is 13.0. The molecule has 0 aromatic heterocycles. The first kappa shape index (κ1) is 16.4. The smallest absolute Gasteiger partial charge is 0.244 e. The van der Waals surface area contributed by atoms with Gasteiger partial charge in [-0.05, 0) is 42.5 Å². The van der Waals surface area contributed by atoms with Crippen molar-refractivity contribution >= 4 is 15.7 Å². The Hall–Kier alpha value is -1.47. The third kappa shape index (κ3) is 2.87. The topological polar surface area (TPSA) is 63.7 Å². The molecule has 1 saturated heterocycles. The van der Waals surface area contributed by atoms with E-state index < -0.39 is 14.6 Å². The molecule has 3 rings (SSSR count). The molecule has 1 aromatic rings. The summed E-state index contributed by atoms with van der Waals surface area (Å²) >= 11 is 0. The van der Waals surface area contributed by atoms with E-state index in [-0.39, 0.29) is 37.8 Å². The van der Waals surface area contributed by atoms with Gasteiger partial charge in [0.05, 0.1) is 0 Å². The molecule has 0 spiro atoms. The van der Waals surface area contributed by atoms with Crippen molar-refractivity contribution in [2.45, 2.75) is 30.6 Å². The van der Waals surface area contributed by atoms with E-state index in [1.807, 2.05) is 0 Å². The Labute approximate surface area is 135 Å². The molecule has 1 aromatic carbocycles. The minimum absolute atomic E-state index is 0.192. The van der Waals surface area contributed by atoms with Gasteiger partial charge in [-0.2, -0.15) is 0 Å². The fourth-order valence-corrected chi connectivity index (χ4v) is 4.78. The third-order valence-electron chi connectivity index (χ3n) is 4.87. The molecule has 2 aliphatic heterocycles. The molecular weight excluding hydrogens is 321 g/mol. The maximum Gasteiger partial charge on any atom is 0.244 e. The van der Waals surface area contributed by atoms with E-state index in [0.29, 0.717) is 19.5 Å². The maximum atomic E-state index is 13.3. The first-order valence-electron chi connectivity index (χ1n) is 7.67. The first-order chi connectivity index (χ1) is 10.8. The van der Waals surface area contributed by atoms with Crippen LogP contribution in [0, 0.1) is 5.82 Å². The summed E-state index contributed by atoms with van der Waals surface area (Å²) in [6.07, 6.45) is 2.05. The molecule has 0 unspecified atom stereocenters. The van der Waals surface area contributed by atoms with Crippen molar-refractivity contribution in [1.29, 1.82) is 0 Å². The van der Waals surface area contributed by atoms with Crippen LogP contribution in [0.15, 0.2) is 18.2 Å². The lowest BCUT2D eigenvalue weighted by Gasteiger charge is -2.39. The van der Waals surface area contributed by atoms with Crippen molar-refractivity contribution in [3.05, 3.63) is 35.1 Å². The number of rotatable bonds is 2. The predicted octanol–water partition coefficient (Wildman–Crippen LogP) is 1.30. The van der Waals surface area contributed by atoms with Gasteiger partial charge < -0.3 is 9.64 Å². The van der Waals surface area contributed by atoms with Crippen LogP contribution in [-0.2, 0) is 32.3 Å². The number of halogens is 1. The molecule has 1 fully saturated rings. The number of benzene rings is 1. The number of carbonyl (C=O) groups excluding carboxylic acids is 1. The quantitative estimate of drug-likeness (QED) is 0.813. The molecule has 0 bridgehead atoms. The number of fused-ring (bicyclic) bond motifs is 1. The number of ether oxygens (including phenoxy) is 1. The van der Waals surface area contributed by atoms with Crippen LogP contribution in [0.1, 0.15) is 24.0 Å². The summed E-state index contributed by atoms with van der Waals surface area (Å²) in [6, 6.07) is 4.52. The van der Waals surface area contributed by atoms with Gasteiger partial charge in [0.25, 0.3) is 0 Å². The monoisotopic (exact) mass is 341 g/mol. The Bertz CT molecular complexity index is 726. The van der Waals surface area contributed by atoms with Crippen LogP contribution >= 0.6 is 0 Å². The minimum atomic E-state index is -3.55. The molecule has 7 heteroatoms. The molecule has 0 saturated carbocycles. The van der Waals surface area contributed by atoms with E-state index >= 15 is 0 Å². The van der Waals surface area contributed by atoms with Crippen molar-refractivity contribution in [2.75, 3.05) is 26.0 Å². The van der Waals surface area contributed by atoms with Crippen LogP contribution in [0.5, 0.6) is 0 Å². The van der Waals surface area contributed by atoms with Crippen molar-refractivity contribution < 1.29 is 22.3 Å². The number of amides is 1. The van der Waals surface area contributed by atoms with Crippen LogP contribution in [-0.4, -0.2) is 50.0 Å². The van der Waals surface area contributed by atoms with E-state index in [9.17, 15) is 17.6 Å². The lowest BCUT2D eigenvalue weighted by atomic mass is 9.94. The molecule has 1 amide bonds. The van der Waals surface area contributed by atoms with E-state index in [1.165, 1.54) is 12.1 Å². The number of hydrogen-bond acceptors (Lipinski definition) is 4. The van der Waals surface area contributed by atoms with E-state index in [0.717, 1.165) is 17.4 Å². The van der Waals surface area contributed by atoms with Gasteiger partial charge in [0.15, 0.2) is 14.6 Å². The van der Waals surface area contributed by atoms with Crippen molar-refractivity contribution in [3.63, 3.8) is 0 Å². The second kappa shape index (κ2) is 5.87. The number of nitrogens with zero attached hydrogens (tertiary/aromatic N) is 1. The molecule has 126 valence electrons. The largest absolute Gasteiger partial charge is 0.381 e. The lowest BCUT2D eigenvalue weighted by Crippen LogP contribution is -2.57. The van der Waals surface area contributed by atoms with Gasteiger partial charge in [0, 0.05) is 32.6 Å². The molecule has 2 heterocycles. The molecule has 2 aliphatic rings. The zero-order valence-corrected chi connectivity index (χ0v) is 13.9. The van der Waals surface area contributed by atoms with Gasteiger partial charge in [0.2, 0.25) is 5.91 Å². The van der Waals surface area contributed by atoms with Crippen LogP contribution in [0.4, 0.5) is 4.39 Å². The highest BCUT2D eigenvalue weighted by Gasteiger charge is 2.51. The van der Waals surface area contributed by atoms with Gasteiger partial charge in [0.1, 0.15) is 5.82 Å². The zero-order chi connectivity index (χ0) is 16.7. The normalized spacial score (nSPS) is 20.9. The highest BCUT2D eigenvalue weighted by atomic mass is 32.2. The van der Waals surface area contributed by atoms with Crippen LogP contribution in [0.3, 0.4) is 0 Å². The molecular formula is C16H20FNO4S. The van der Waals surface area contributed by atoms with Gasteiger partial charge in [-0.25, -0.2) is 12.8 Å². The Morgan fingerprint density at radius 3 is 2.61 bits per heavy atom. The molecule has 0 N–H and O–H groups in total. The summed E-state index contributed by atoms with van der Waals surface area (Å²) in [5, 5.41) is 0. The standard InChI is InChI=1S/C16H20FNO4S/c1-23(20,21)16(5-8-22-9-6-16)15(19)18-7-4-12-10-14(17)3-2-13(12)11-18/h2-3,10H,4-9,11H2,1H3. The summed E-state index contributed by atoms with van der Waals surface area (Å²) in [5.41, 5.74) is 1.76. The van der Waals surface area contributed by atoms with E-state index in [2.05, 4.69) is 0 Å². The van der Waals surface area contributed by atoms with Crippen LogP contribution < -0.4 is 0 Å². The average Bonchev–Trinajstić information content (AvgIpc) is 2.53. The van der Waals surface area contributed by atoms with Crippen molar-refractivity contribution in [1.82, 2.24) is 4.90 Å². The van der Waals surface area contributed by atoms with E-state index in [1.54, 1.807) is 11.0 Å². The number of carbonyl (C=O) groups is 1. The van der Waals surface area contributed by atoms with Crippen molar-refractivity contribution in [2.24, 2.45) is 0 Å². The highest BCUT2D eigenvalue weighted by molar-refractivity contribution is 7.92. The minimum Gasteiger partial charge on any atom is -0.381 e. The van der Waals surface area contributed by atoms with Crippen molar-refractivity contribution in [3.8, 4) is 0 Å². The Balaban J connectivity index is 1.89. The van der Waals surface area contributed by atoms with E-state index in [4.69, 9.17) is 4.74 Å². The van der Waals surface area contributed by atoms with Gasteiger partial charge in [-0.1, -0.05) is 6.07 Å². The summed E-state index contributed by atoms with van der Waals surface area (Å²) in [6.45, 7) is 1.28. The summed E-state index contributed by atoms with van der Waals surface area (Å²) < 4.78 is 41.8. The lowest BCUT2D eigenvalue weighted by molar-refractivity contribution is -0.137. The summed E-state index contributed by atoms with van der Waals surface area (Å²) in [7, 11) is -3.55. The second-order valence-corrected chi connectivity index (χ2v) is 8.59. The fraction of sp³-hybridized carbons (Fsp3) is 0.562. The maximum absolute atomic E-state index is 13.3. The van der Waals surface area contributed by atoms with Gasteiger partial charge >= 0.3 is 0 Å². The average molecular weight is 341 g/mol. The molecule has 5 nitrogen and oxygen atoms in total. The molecule has 0 atom stereocenters. The molecule has 0 radical (unpaired) electrons. The Morgan fingerprint density at radius 2 is 1.96 bits per heavy atom. The Morgan fingerprint density at radius 1 is 1.26 bits per heavy atom. The van der Waals surface area contributed by atoms with Gasteiger partial charge in [-0.3, -0.25) is 4.79 Å². The number of hydrogen-bond donors (Lipinski definition) is 0. The summed E-state index contributed by atoms with van der Waals surface area (Å²) in [5.74, 6) is -0.640. The molecule has 0 aliphatic carbocycles. The SMILES string of the molecule is CS(=O)(=O)C1(C(=O)N2CCc3cc(F)ccc3C2)CCOCC1. The van der Waals surface area contributed by atoms with Crippen LogP contribution in [0.25, 0.3) is 0 Å². The molecule has 23 heavy (non-hydrogen) atoms. The third-order valence-corrected chi connectivity index (χ3v) is 6.87. The Kier molecular flexibility index (Phi) is 4.18. The van der Waals surface area contributed by atoms with Gasteiger partial charge in [-0.15, -0.1) is 0 Å². The first-order valence-corrected chi connectivity index (χ1v) is 9.57. The number of sulfone groups is 1. The summed E-state index contributed by atoms with van der Waals surface area (Å²) in [4.78, 5) is 14.6. The fourth-order valence-electron chi connectivity index (χ4n) is 3.43.